The summed E-state index contributed by atoms with van der Waals surface area (Å²) in [5.41, 5.74) is 6.63. The van der Waals surface area contributed by atoms with E-state index >= 15 is 0 Å². The van der Waals surface area contributed by atoms with E-state index in [4.69, 9.17) is 5.73 Å². The predicted octanol–water partition coefficient (Wildman–Crippen LogP) is 0.508. The van der Waals surface area contributed by atoms with E-state index in [0.717, 1.165) is 44.1 Å². The zero-order chi connectivity index (χ0) is 13.0. The largest absolute Gasteiger partial charge is 0.338 e. The smallest absolute Gasteiger partial charge is 0.225 e. The third-order valence-electron chi connectivity index (χ3n) is 3.58. The van der Waals surface area contributed by atoms with Gasteiger partial charge < -0.3 is 10.6 Å². The molecule has 1 atom stereocenters. The van der Waals surface area contributed by atoms with Crippen molar-refractivity contribution in [3.63, 3.8) is 0 Å². The van der Waals surface area contributed by atoms with E-state index < -0.39 is 0 Å². The Morgan fingerprint density at radius 1 is 1.33 bits per heavy atom. The molecule has 0 saturated carbocycles. The molecule has 1 aromatic heterocycles. The van der Waals surface area contributed by atoms with Gasteiger partial charge in [-0.3, -0.25) is 4.90 Å². The van der Waals surface area contributed by atoms with Crippen molar-refractivity contribution >= 4 is 5.95 Å². The highest BCUT2D eigenvalue weighted by Crippen LogP contribution is 2.14. The van der Waals surface area contributed by atoms with E-state index in [2.05, 4.69) is 33.6 Å². The topological polar surface area (TPSA) is 58.3 Å². The molecule has 1 fully saturated rings. The molecule has 1 unspecified atom stereocenters. The lowest BCUT2D eigenvalue weighted by Crippen LogP contribution is -2.52. The molecule has 100 valence electrons. The maximum absolute atomic E-state index is 5.52. The maximum atomic E-state index is 5.52. The average molecular weight is 249 g/mol. The number of hydrogen-bond acceptors (Lipinski definition) is 5. The van der Waals surface area contributed by atoms with Gasteiger partial charge in [-0.25, -0.2) is 9.97 Å². The lowest BCUT2D eigenvalue weighted by Gasteiger charge is -2.39. The zero-order valence-corrected chi connectivity index (χ0v) is 11.3. The Bertz CT molecular complexity index is 364. The van der Waals surface area contributed by atoms with Gasteiger partial charge in [0.25, 0.3) is 0 Å². The van der Waals surface area contributed by atoms with Gasteiger partial charge in [-0.05, 0) is 32.0 Å². The Hall–Kier alpha value is -1.20. The second kappa shape index (κ2) is 6.11. The summed E-state index contributed by atoms with van der Waals surface area (Å²) in [5.74, 6) is 0.846. The molecular formula is C13H23N5. The molecule has 5 heteroatoms. The SMILES string of the molecule is CCN1CCN(c2ncc(CCN)cn2)CC1C. The van der Waals surface area contributed by atoms with Gasteiger partial charge in [0.05, 0.1) is 0 Å². The number of aromatic nitrogens is 2. The molecule has 0 bridgehead atoms. The van der Waals surface area contributed by atoms with Crippen molar-refractivity contribution in [3.05, 3.63) is 18.0 Å². The third-order valence-corrected chi connectivity index (χ3v) is 3.58. The summed E-state index contributed by atoms with van der Waals surface area (Å²) in [6.07, 6.45) is 4.64. The van der Waals surface area contributed by atoms with Crippen molar-refractivity contribution in [2.45, 2.75) is 26.3 Å². The first-order valence-corrected chi connectivity index (χ1v) is 6.74. The standard InChI is InChI=1S/C13H23N5/c1-3-17-6-7-18(10-11(17)2)13-15-8-12(4-5-14)9-16-13/h8-9,11H,3-7,10,14H2,1-2H3. The highest BCUT2D eigenvalue weighted by Gasteiger charge is 2.23. The average Bonchev–Trinajstić information content (AvgIpc) is 2.40. The van der Waals surface area contributed by atoms with Crippen LogP contribution in [0, 0.1) is 0 Å². The number of hydrogen-bond donors (Lipinski definition) is 1. The number of piperazine rings is 1. The lowest BCUT2D eigenvalue weighted by atomic mass is 10.2. The number of rotatable bonds is 4. The Kier molecular flexibility index (Phi) is 4.49. The molecule has 0 radical (unpaired) electrons. The Morgan fingerprint density at radius 3 is 2.61 bits per heavy atom. The summed E-state index contributed by atoms with van der Waals surface area (Å²) < 4.78 is 0. The van der Waals surface area contributed by atoms with Crippen LogP contribution in [0.25, 0.3) is 0 Å². The normalized spacial score (nSPS) is 21.3. The minimum atomic E-state index is 0.566. The van der Waals surface area contributed by atoms with Crippen LogP contribution < -0.4 is 10.6 Å². The van der Waals surface area contributed by atoms with Gasteiger partial charge >= 0.3 is 0 Å². The first-order valence-electron chi connectivity index (χ1n) is 6.74. The quantitative estimate of drug-likeness (QED) is 0.842. The minimum absolute atomic E-state index is 0.566. The predicted molar refractivity (Wildman–Crippen MR) is 73.7 cm³/mol. The minimum Gasteiger partial charge on any atom is -0.338 e. The van der Waals surface area contributed by atoms with Crippen LogP contribution in [-0.4, -0.2) is 53.6 Å². The molecule has 1 aliphatic heterocycles. The second-order valence-corrected chi connectivity index (χ2v) is 4.85. The van der Waals surface area contributed by atoms with E-state index in [1.165, 1.54) is 0 Å². The monoisotopic (exact) mass is 249 g/mol. The van der Waals surface area contributed by atoms with E-state index in [1.54, 1.807) is 0 Å². The highest BCUT2D eigenvalue weighted by molar-refractivity contribution is 5.31. The van der Waals surface area contributed by atoms with Crippen LogP contribution in [0.2, 0.25) is 0 Å². The van der Waals surface area contributed by atoms with E-state index in [0.29, 0.717) is 12.6 Å². The van der Waals surface area contributed by atoms with E-state index in [-0.39, 0.29) is 0 Å². The summed E-state index contributed by atoms with van der Waals surface area (Å²) in [5, 5.41) is 0. The summed E-state index contributed by atoms with van der Waals surface area (Å²) >= 11 is 0. The number of nitrogens with zero attached hydrogens (tertiary/aromatic N) is 4. The zero-order valence-electron chi connectivity index (χ0n) is 11.3. The van der Waals surface area contributed by atoms with Crippen molar-refractivity contribution in [1.82, 2.24) is 14.9 Å². The van der Waals surface area contributed by atoms with Gasteiger partial charge in [0.1, 0.15) is 0 Å². The van der Waals surface area contributed by atoms with Crippen LogP contribution in [0.4, 0.5) is 5.95 Å². The Morgan fingerprint density at radius 2 is 2.06 bits per heavy atom. The van der Waals surface area contributed by atoms with Crippen LogP contribution in [0.1, 0.15) is 19.4 Å². The van der Waals surface area contributed by atoms with Gasteiger partial charge in [-0.15, -0.1) is 0 Å². The van der Waals surface area contributed by atoms with Crippen LogP contribution >= 0.6 is 0 Å². The van der Waals surface area contributed by atoms with Crippen LogP contribution in [0.5, 0.6) is 0 Å². The van der Waals surface area contributed by atoms with Gasteiger partial charge in [0.2, 0.25) is 5.95 Å². The fourth-order valence-corrected chi connectivity index (χ4v) is 2.45. The summed E-state index contributed by atoms with van der Waals surface area (Å²) in [7, 11) is 0. The van der Waals surface area contributed by atoms with E-state index in [1.807, 2.05) is 12.4 Å². The fourth-order valence-electron chi connectivity index (χ4n) is 2.45. The lowest BCUT2D eigenvalue weighted by molar-refractivity contribution is 0.198. The van der Waals surface area contributed by atoms with Crippen LogP contribution in [0.3, 0.4) is 0 Å². The van der Waals surface area contributed by atoms with Crippen molar-refractivity contribution in [2.75, 3.05) is 37.6 Å². The van der Waals surface area contributed by atoms with Crippen molar-refractivity contribution < 1.29 is 0 Å². The summed E-state index contributed by atoms with van der Waals surface area (Å²) in [6, 6.07) is 0.566. The summed E-state index contributed by atoms with van der Waals surface area (Å²) in [4.78, 5) is 13.6. The molecule has 1 saturated heterocycles. The highest BCUT2D eigenvalue weighted by atomic mass is 15.3. The molecule has 0 aromatic carbocycles. The first-order chi connectivity index (χ1) is 8.74. The fraction of sp³-hybridized carbons (Fsp3) is 0.692. The number of nitrogens with two attached hydrogens (primary N) is 1. The van der Waals surface area contributed by atoms with Gasteiger partial charge in [-0.2, -0.15) is 0 Å². The van der Waals surface area contributed by atoms with Crippen molar-refractivity contribution in [3.8, 4) is 0 Å². The van der Waals surface area contributed by atoms with Crippen LogP contribution in [0.15, 0.2) is 12.4 Å². The van der Waals surface area contributed by atoms with Gasteiger partial charge in [-0.1, -0.05) is 6.92 Å². The van der Waals surface area contributed by atoms with Crippen molar-refractivity contribution in [2.24, 2.45) is 5.73 Å². The molecule has 5 nitrogen and oxygen atoms in total. The molecule has 2 N–H and O–H groups in total. The van der Waals surface area contributed by atoms with Gasteiger partial charge in [0.15, 0.2) is 0 Å². The molecule has 0 aliphatic carbocycles. The van der Waals surface area contributed by atoms with E-state index in [9.17, 15) is 0 Å². The third kappa shape index (κ3) is 2.97. The molecule has 18 heavy (non-hydrogen) atoms. The first kappa shape index (κ1) is 13.2. The molecule has 1 aromatic rings. The molecule has 2 rings (SSSR count). The van der Waals surface area contributed by atoms with Gasteiger partial charge in [0, 0.05) is 38.1 Å². The maximum Gasteiger partial charge on any atom is 0.225 e. The van der Waals surface area contributed by atoms with Crippen molar-refractivity contribution in [1.29, 1.82) is 0 Å². The summed E-state index contributed by atoms with van der Waals surface area (Å²) in [6.45, 7) is 9.34. The molecular weight excluding hydrogens is 226 g/mol. The molecule has 1 aliphatic rings. The number of anilines is 1. The van der Waals surface area contributed by atoms with Crippen LogP contribution in [-0.2, 0) is 6.42 Å². The molecule has 0 amide bonds. The molecule has 2 heterocycles. The Balaban J connectivity index is 1.99. The number of likely N-dealkylation sites (N-methyl/N-ethyl adjacent to an activating group) is 1. The molecule has 0 spiro atoms. The second-order valence-electron chi connectivity index (χ2n) is 4.85. The Labute approximate surface area is 109 Å².